The van der Waals surface area contributed by atoms with Crippen molar-refractivity contribution < 1.29 is 31.4 Å². The molecule has 1 aromatic heterocycles. The molecule has 1 fully saturated rings. The fourth-order valence-corrected chi connectivity index (χ4v) is 3.26. The van der Waals surface area contributed by atoms with Crippen LogP contribution in [0.1, 0.15) is 42.2 Å². The highest BCUT2D eigenvalue weighted by atomic mass is 35.5. The van der Waals surface area contributed by atoms with Gasteiger partial charge in [0.15, 0.2) is 0 Å². The zero-order chi connectivity index (χ0) is 19.1. The predicted octanol–water partition coefficient (Wildman–Crippen LogP) is 4.87. The largest absolute Gasteiger partial charge is 0.433 e. The Labute approximate surface area is 157 Å². The Morgan fingerprint density at radius 2 is 1.78 bits per heavy atom. The van der Waals surface area contributed by atoms with Crippen LogP contribution in [0.15, 0.2) is 24.3 Å². The van der Waals surface area contributed by atoms with Crippen molar-refractivity contribution in [3.63, 3.8) is 0 Å². The Morgan fingerprint density at radius 1 is 1.07 bits per heavy atom. The van der Waals surface area contributed by atoms with Gasteiger partial charge in [-0.1, -0.05) is 18.6 Å². The van der Waals surface area contributed by atoms with Crippen LogP contribution in [0.4, 0.5) is 26.3 Å². The quantitative estimate of drug-likeness (QED) is 0.689. The average Bonchev–Trinajstić information content (AvgIpc) is 2.58. The van der Waals surface area contributed by atoms with Gasteiger partial charge in [-0.2, -0.15) is 26.3 Å². The Bertz CT molecular complexity index is 802. The summed E-state index contributed by atoms with van der Waals surface area (Å²) in [5.74, 6) is 0. The molecule has 3 nitrogen and oxygen atoms in total. The summed E-state index contributed by atoms with van der Waals surface area (Å²) in [6, 6.07) is 3.16. The maximum Gasteiger partial charge on any atom is 0.433 e. The number of aliphatic hydroxyl groups is 1. The topological polar surface area (TPSA) is 45.2 Å². The number of halogens is 7. The van der Waals surface area contributed by atoms with Gasteiger partial charge in [0.1, 0.15) is 5.69 Å². The van der Waals surface area contributed by atoms with Crippen molar-refractivity contribution in [3.05, 3.63) is 41.1 Å². The summed E-state index contributed by atoms with van der Waals surface area (Å²) in [6.45, 7) is 0.588. The van der Waals surface area contributed by atoms with Crippen LogP contribution in [0.3, 0.4) is 0 Å². The van der Waals surface area contributed by atoms with Crippen molar-refractivity contribution in [2.75, 3.05) is 6.54 Å². The number of nitrogens with zero attached hydrogens (tertiary/aromatic N) is 1. The molecule has 2 atom stereocenters. The standard InChI is InChI=1S/C17H16F6N2O.ClH/c18-16(19,20)11-5-3-4-9-10(15(26)12-6-1-2-7-24-12)8-13(17(21,22)23)25-14(9)11;/h3-5,8,12,15,24,26H,1-2,6-7H2;1H. The van der Waals surface area contributed by atoms with E-state index in [2.05, 4.69) is 10.3 Å². The van der Waals surface area contributed by atoms with E-state index in [9.17, 15) is 31.4 Å². The van der Waals surface area contributed by atoms with Gasteiger partial charge >= 0.3 is 12.4 Å². The van der Waals surface area contributed by atoms with E-state index < -0.39 is 41.3 Å². The molecule has 0 aliphatic carbocycles. The van der Waals surface area contributed by atoms with Gasteiger partial charge in [-0.05, 0) is 37.1 Å². The number of rotatable bonds is 2. The van der Waals surface area contributed by atoms with Crippen molar-refractivity contribution >= 4 is 23.3 Å². The minimum Gasteiger partial charge on any atom is -0.387 e. The second-order valence-electron chi connectivity index (χ2n) is 6.30. The lowest BCUT2D eigenvalue weighted by Crippen LogP contribution is -2.39. The lowest BCUT2D eigenvalue weighted by Gasteiger charge is -2.29. The number of nitrogens with one attached hydrogen (secondary N) is 1. The van der Waals surface area contributed by atoms with E-state index in [4.69, 9.17) is 0 Å². The number of fused-ring (bicyclic) bond motifs is 1. The van der Waals surface area contributed by atoms with Gasteiger partial charge in [-0.3, -0.25) is 0 Å². The van der Waals surface area contributed by atoms with Crippen LogP contribution in [0.25, 0.3) is 10.9 Å². The molecule has 27 heavy (non-hydrogen) atoms. The highest BCUT2D eigenvalue weighted by Gasteiger charge is 2.38. The van der Waals surface area contributed by atoms with Gasteiger partial charge < -0.3 is 10.4 Å². The lowest BCUT2D eigenvalue weighted by molar-refractivity contribution is -0.142. The summed E-state index contributed by atoms with van der Waals surface area (Å²) in [6.07, 6.45) is -9.00. The Hall–Kier alpha value is -1.58. The van der Waals surface area contributed by atoms with Gasteiger partial charge in [-0.25, -0.2) is 4.98 Å². The molecule has 2 unspecified atom stereocenters. The first-order valence-corrected chi connectivity index (χ1v) is 8.08. The molecule has 0 bridgehead atoms. The molecule has 3 rings (SSSR count). The van der Waals surface area contributed by atoms with E-state index in [0.29, 0.717) is 25.1 Å². The number of aromatic nitrogens is 1. The summed E-state index contributed by atoms with van der Waals surface area (Å²) in [4.78, 5) is 3.22. The van der Waals surface area contributed by atoms with Crippen LogP contribution in [-0.2, 0) is 12.4 Å². The molecule has 150 valence electrons. The van der Waals surface area contributed by atoms with E-state index in [1.165, 1.54) is 6.07 Å². The minimum absolute atomic E-state index is 0. The first kappa shape index (κ1) is 21.7. The number of hydrogen-bond acceptors (Lipinski definition) is 3. The van der Waals surface area contributed by atoms with Crippen LogP contribution in [0.2, 0.25) is 0 Å². The molecule has 1 aromatic carbocycles. The number of hydrogen-bond donors (Lipinski definition) is 2. The Balaban J connectivity index is 0.00000261. The molecular formula is C17H17ClF6N2O. The molecule has 0 amide bonds. The molecule has 1 aliphatic rings. The molecule has 10 heteroatoms. The number of alkyl halides is 6. The second kappa shape index (κ2) is 7.81. The van der Waals surface area contributed by atoms with Gasteiger partial charge in [0, 0.05) is 11.4 Å². The molecule has 1 aliphatic heterocycles. The van der Waals surface area contributed by atoms with E-state index in [-0.39, 0.29) is 23.4 Å². The fraction of sp³-hybridized carbons (Fsp3) is 0.471. The average molecular weight is 415 g/mol. The van der Waals surface area contributed by atoms with Gasteiger partial charge in [-0.15, -0.1) is 12.4 Å². The summed E-state index contributed by atoms with van der Waals surface area (Å²) < 4.78 is 79.3. The van der Waals surface area contributed by atoms with Crippen LogP contribution >= 0.6 is 12.4 Å². The highest BCUT2D eigenvalue weighted by molar-refractivity contribution is 5.86. The Morgan fingerprint density at radius 3 is 2.33 bits per heavy atom. The van der Waals surface area contributed by atoms with Gasteiger partial charge in [0.25, 0.3) is 0 Å². The molecule has 0 spiro atoms. The maximum absolute atomic E-state index is 13.2. The molecule has 0 saturated carbocycles. The third kappa shape index (κ3) is 4.47. The van der Waals surface area contributed by atoms with Gasteiger partial charge in [0.05, 0.1) is 17.2 Å². The molecule has 2 N–H and O–H groups in total. The SMILES string of the molecule is Cl.OC(c1cc(C(F)(F)F)nc2c(C(F)(F)F)cccc12)C1CCCCN1. The van der Waals surface area contributed by atoms with E-state index >= 15 is 0 Å². The zero-order valence-corrected chi connectivity index (χ0v) is 14.7. The zero-order valence-electron chi connectivity index (χ0n) is 13.9. The summed E-state index contributed by atoms with van der Waals surface area (Å²) >= 11 is 0. The normalized spacial score (nSPS) is 19.6. The van der Waals surface area contributed by atoms with E-state index in [1.807, 2.05) is 0 Å². The van der Waals surface area contributed by atoms with Crippen molar-refractivity contribution in [2.45, 2.75) is 43.8 Å². The third-order valence-electron chi connectivity index (χ3n) is 4.52. The van der Waals surface area contributed by atoms with E-state index in [0.717, 1.165) is 18.9 Å². The van der Waals surface area contributed by atoms with Crippen LogP contribution in [-0.4, -0.2) is 22.7 Å². The maximum atomic E-state index is 13.2. The lowest BCUT2D eigenvalue weighted by atomic mass is 9.91. The number of pyridine rings is 1. The number of para-hydroxylation sites is 1. The number of aliphatic hydroxyl groups excluding tert-OH is 1. The second-order valence-corrected chi connectivity index (χ2v) is 6.30. The van der Waals surface area contributed by atoms with Crippen molar-refractivity contribution in [1.82, 2.24) is 10.3 Å². The monoisotopic (exact) mass is 414 g/mol. The Kier molecular flexibility index (Phi) is 6.28. The molecule has 2 aromatic rings. The summed E-state index contributed by atoms with van der Waals surface area (Å²) in [7, 11) is 0. The fourth-order valence-electron chi connectivity index (χ4n) is 3.26. The van der Waals surface area contributed by atoms with Crippen LogP contribution in [0, 0.1) is 0 Å². The summed E-state index contributed by atoms with van der Waals surface area (Å²) in [5.41, 5.74) is -3.72. The third-order valence-corrected chi connectivity index (χ3v) is 4.52. The van der Waals surface area contributed by atoms with Crippen LogP contribution in [0.5, 0.6) is 0 Å². The summed E-state index contributed by atoms with van der Waals surface area (Å²) in [5, 5.41) is 13.5. The molecular weight excluding hydrogens is 398 g/mol. The van der Waals surface area contributed by atoms with Crippen molar-refractivity contribution in [1.29, 1.82) is 0 Å². The van der Waals surface area contributed by atoms with Crippen LogP contribution < -0.4 is 5.32 Å². The molecule has 1 saturated heterocycles. The first-order chi connectivity index (χ1) is 12.1. The van der Waals surface area contributed by atoms with Gasteiger partial charge in [0.2, 0.25) is 0 Å². The smallest absolute Gasteiger partial charge is 0.387 e. The molecule has 2 heterocycles. The minimum atomic E-state index is -4.93. The van der Waals surface area contributed by atoms with Crippen molar-refractivity contribution in [3.8, 4) is 0 Å². The molecule has 0 radical (unpaired) electrons. The van der Waals surface area contributed by atoms with E-state index in [1.54, 1.807) is 0 Å². The first-order valence-electron chi connectivity index (χ1n) is 8.08. The number of benzene rings is 1. The number of piperidine rings is 1. The highest BCUT2D eigenvalue weighted by Crippen LogP contribution is 2.39. The predicted molar refractivity (Wildman–Crippen MR) is 89.6 cm³/mol. The van der Waals surface area contributed by atoms with Crippen molar-refractivity contribution in [2.24, 2.45) is 0 Å².